The average molecular weight is 243 g/mol. The number of hydrogen-bond acceptors (Lipinski definition) is 2. The van der Waals surface area contributed by atoms with Gasteiger partial charge in [-0.1, -0.05) is 43.7 Å². The van der Waals surface area contributed by atoms with Crippen molar-refractivity contribution in [2.75, 3.05) is 6.54 Å². The molecular weight excluding hydrogens is 222 g/mol. The summed E-state index contributed by atoms with van der Waals surface area (Å²) in [5.41, 5.74) is 9.14. The Kier molecular flexibility index (Phi) is 4.15. The normalized spacial score (nSPS) is 12.6. The van der Waals surface area contributed by atoms with Crippen molar-refractivity contribution in [3.05, 3.63) is 41.9 Å². The third-order valence-corrected chi connectivity index (χ3v) is 3.26. The molecule has 0 spiro atoms. The van der Waals surface area contributed by atoms with Gasteiger partial charge in [-0.15, -0.1) is 0 Å². The van der Waals surface area contributed by atoms with E-state index in [0.29, 0.717) is 12.5 Å². The fourth-order valence-corrected chi connectivity index (χ4v) is 2.27. The number of nitrogens with zero attached hydrogens (tertiary/aromatic N) is 1. The number of rotatable bonds is 5. The standard InChI is InChI=1S/C15H21N3/c1-3-7-13(10-16)15-17-11(2)14(18-15)12-8-5-4-6-9-12/h4-6,8-9,13H,3,7,10,16H2,1-2H3,(H,17,18). The maximum Gasteiger partial charge on any atom is 0.111 e. The Balaban J connectivity index is 2.32. The molecular formula is C15H21N3. The molecule has 1 aromatic carbocycles. The molecule has 1 atom stereocenters. The molecule has 0 aliphatic heterocycles. The smallest absolute Gasteiger partial charge is 0.111 e. The zero-order chi connectivity index (χ0) is 13.0. The van der Waals surface area contributed by atoms with E-state index in [2.05, 4.69) is 31.0 Å². The second kappa shape index (κ2) is 5.83. The third kappa shape index (κ3) is 2.62. The number of imidazole rings is 1. The van der Waals surface area contributed by atoms with E-state index in [1.807, 2.05) is 18.2 Å². The van der Waals surface area contributed by atoms with Crippen molar-refractivity contribution in [2.45, 2.75) is 32.6 Å². The minimum atomic E-state index is 0.339. The molecule has 0 bridgehead atoms. The Hall–Kier alpha value is -1.61. The quantitative estimate of drug-likeness (QED) is 0.847. The molecule has 1 unspecified atom stereocenters. The number of hydrogen-bond donors (Lipinski definition) is 2. The van der Waals surface area contributed by atoms with E-state index in [4.69, 9.17) is 10.7 Å². The minimum Gasteiger partial charge on any atom is -0.345 e. The van der Waals surface area contributed by atoms with Crippen LogP contribution in [-0.4, -0.2) is 16.5 Å². The molecule has 0 saturated heterocycles. The van der Waals surface area contributed by atoms with Gasteiger partial charge in [0.15, 0.2) is 0 Å². The highest BCUT2D eigenvalue weighted by atomic mass is 14.9. The van der Waals surface area contributed by atoms with Crippen molar-refractivity contribution in [3.8, 4) is 11.3 Å². The molecule has 0 fully saturated rings. The zero-order valence-electron chi connectivity index (χ0n) is 11.1. The first-order valence-corrected chi connectivity index (χ1v) is 6.58. The van der Waals surface area contributed by atoms with Gasteiger partial charge in [0.05, 0.1) is 5.69 Å². The Bertz CT molecular complexity index is 488. The van der Waals surface area contributed by atoms with Crippen LogP contribution in [0.15, 0.2) is 30.3 Å². The van der Waals surface area contributed by atoms with E-state index in [9.17, 15) is 0 Å². The second-order valence-corrected chi connectivity index (χ2v) is 4.68. The largest absolute Gasteiger partial charge is 0.345 e. The summed E-state index contributed by atoms with van der Waals surface area (Å²) in [6.07, 6.45) is 2.21. The monoisotopic (exact) mass is 243 g/mol. The van der Waals surface area contributed by atoms with Crippen LogP contribution in [0.25, 0.3) is 11.3 Å². The lowest BCUT2D eigenvalue weighted by Gasteiger charge is -2.09. The second-order valence-electron chi connectivity index (χ2n) is 4.68. The summed E-state index contributed by atoms with van der Waals surface area (Å²) in [7, 11) is 0. The molecule has 0 aliphatic carbocycles. The Morgan fingerprint density at radius 2 is 2.00 bits per heavy atom. The highest BCUT2D eigenvalue weighted by Gasteiger charge is 2.15. The summed E-state index contributed by atoms with van der Waals surface area (Å²) < 4.78 is 0. The molecule has 3 nitrogen and oxygen atoms in total. The number of nitrogens with two attached hydrogens (primary N) is 1. The van der Waals surface area contributed by atoms with Crippen molar-refractivity contribution < 1.29 is 0 Å². The summed E-state index contributed by atoms with van der Waals surface area (Å²) in [6, 6.07) is 10.3. The predicted molar refractivity (Wildman–Crippen MR) is 75.5 cm³/mol. The summed E-state index contributed by atoms with van der Waals surface area (Å²) in [5.74, 6) is 1.36. The molecule has 18 heavy (non-hydrogen) atoms. The van der Waals surface area contributed by atoms with Crippen LogP contribution < -0.4 is 5.73 Å². The van der Waals surface area contributed by atoms with E-state index in [0.717, 1.165) is 35.6 Å². The first-order valence-electron chi connectivity index (χ1n) is 6.58. The molecule has 96 valence electrons. The topological polar surface area (TPSA) is 54.7 Å². The van der Waals surface area contributed by atoms with Gasteiger partial charge in [0.1, 0.15) is 5.82 Å². The van der Waals surface area contributed by atoms with Crippen LogP contribution in [0.5, 0.6) is 0 Å². The fraction of sp³-hybridized carbons (Fsp3) is 0.400. The predicted octanol–water partition coefficient (Wildman–Crippen LogP) is 3.23. The maximum atomic E-state index is 5.83. The minimum absolute atomic E-state index is 0.339. The van der Waals surface area contributed by atoms with E-state index in [1.165, 1.54) is 0 Å². The Morgan fingerprint density at radius 3 is 2.61 bits per heavy atom. The number of aromatic amines is 1. The van der Waals surface area contributed by atoms with Gasteiger partial charge in [0.25, 0.3) is 0 Å². The van der Waals surface area contributed by atoms with Crippen LogP contribution in [0.2, 0.25) is 0 Å². The maximum absolute atomic E-state index is 5.83. The Labute approximate surface area is 108 Å². The molecule has 2 rings (SSSR count). The van der Waals surface area contributed by atoms with Crippen LogP contribution in [0, 0.1) is 6.92 Å². The molecule has 0 aliphatic rings. The van der Waals surface area contributed by atoms with Gasteiger partial charge in [-0.2, -0.15) is 0 Å². The van der Waals surface area contributed by atoms with Crippen LogP contribution in [0.3, 0.4) is 0 Å². The molecule has 3 heteroatoms. The highest BCUT2D eigenvalue weighted by molar-refractivity contribution is 5.61. The summed E-state index contributed by atoms with van der Waals surface area (Å²) in [5, 5.41) is 0. The lowest BCUT2D eigenvalue weighted by Crippen LogP contribution is -2.13. The number of benzene rings is 1. The fourth-order valence-electron chi connectivity index (χ4n) is 2.27. The average Bonchev–Trinajstić information content (AvgIpc) is 2.79. The van der Waals surface area contributed by atoms with Gasteiger partial charge < -0.3 is 10.7 Å². The number of nitrogens with one attached hydrogen (secondary N) is 1. The van der Waals surface area contributed by atoms with Gasteiger partial charge in [0, 0.05) is 23.7 Å². The van der Waals surface area contributed by atoms with E-state index < -0.39 is 0 Å². The molecule has 0 radical (unpaired) electrons. The van der Waals surface area contributed by atoms with Crippen LogP contribution >= 0.6 is 0 Å². The number of aromatic nitrogens is 2. The van der Waals surface area contributed by atoms with E-state index in [1.54, 1.807) is 0 Å². The molecule has 3 N–H and O–H groups in total. The lowest BCUT2D eigenvalue weighted by molar-refractivity contribution is 0.594. The van der Waals surface area contributed by atoms with Crippen LogP contribution in [0.4, 0.5) is 0 Å². The van der Waals surface area contributed by atoms with Gasteiger partial charge >= 0.3 is 0 Å². The molecule has 2 aromatic rings. The Morgan fingerprint density at radius 1 is 1.28 bits per heavy atom. The summed E-state index contributed by atoms with van der Waals surface area (Å²) >= 11 is 0. The summed E-state index contributed by atoms with van der Waals surface area (Å²) in [4.78, 5) is 8.12. The van der Waals surface area contributed by atoms with Crippen molar-refractivity contribution >= 4 is 0 Å². The first kappa shape index (κ1) is 12.8. The first-order chi connectivity index (χ1) is 8.76. The third-order valence-electron chi connectivity index (χ3n) is 3.26. The van der Waals surface area contributed by atoms with Gasteiger partial charge in [-0.05, 0) is 13.3 Å². The van der Waals surface area contributed by atoms with E-state index in [-0.39, 0.29) is 0 Å². The number of aryl methyl sites for hydroxylation is 1. The van der Waals surface area contributed by atoms with Crippen LogP contribution in [0.1, 0.15) is 37.2 Å². The van der Waals surface area contributed by atoms with Gasteiger partial charge in [-0.3, -0.25) is 0 Å². The molecule has 1 heterocycles. The summed E-state index contributed by atoms with van der Waals surface area (Å²) in [6.45, 7) is 4.89. The van der Waals surface area contributed by atoms with Crippen molar-refractivity contribution in [3.63, 3.8) is 0 Å². The van der Waals surface area contributed by atoms with E-state index >= 15 is 0 Å². The number of H-pyrrole nitrogens is 1. The van der Waals surface area contributed by atoms with Crippen molar-refractivity contribution in [1.82, 2.24) is 9.97 Å². The molecule has 1 aromatic heterocycles. The molecule has 0 saturated carbocycles. The van der Waals surface area contributed by atoms with Gasteiger partial charge in [0.2, 0.25) is 0 Å². The van der Waals surface area contributed by atoms with Crippen molar-refractivity contribution in [2.24, 2.45) is 5.73 Å². The molecule has 0 amide bonds. The zero-order valence-corrected chi connectivity index (χ0v) is 11.1. The van der Waals surface area contributed by atoms with Crippen LogP contribution in [-0.2, 0) is 0 Å². The highest BCUT2D eigenvalue weighted by Crippen LogP contribution is 2.25. The SMILES string of the molecule is CCCC(CN)c1nc(-c2ccccc2)c(C)[nH]1. The lowest BCUT2D eigenvalue weighted by atomic mass is 10.0. The van der Waals surface area contributed by atoms with Gasteiger partial charge in [-0.25, -0.2) is 4.98 Å². The van der Waals surface area contributed by atoms with Crippen molar-refractivity contribution in [1.29, 1.82) is 0 Å².